The lowest BCUT2D eigenvalue weighted by atomic mass is 10.0. The number of rotatable bonds is 4. The van der Waals surface area contributed by atoms with Crippen molar-refractivity contribution in [3.05, 3.63) is 108 Å². The fourth-order valence-electron chi connectivity index (χ4n) is 2.55. The fourth-order valence-corrected chi connectivity index (χ4v) is 2.55. The second-order valence-electron chi connectivity index (χ2n) is 5.78. The average molecular weight is 340 g/mol. The van der Waals surface area contributed by atoms with Crippen molar-refractivity contribution >= 4 is 5.57 Å². The topological polar surface area (TPSA) is 29.5 Å². The summed E-state index contributed by atoms with van der Waals surface area (Å²) in [6.45, 7) is 0. The summed E-state index contributed by atoms with van der Waals surface area (Å²) >= 11 is 0. The normalized spacial score (nSPS) is 12.0. The number of aliphatic hydroxyl groups excluding tert-OH is 1. The van der Waals surface area contributed by atoms with Crippen LogP contribution in [0.25, 0.3) is 5.57 Å². The lowest BCUT2D eigenvalue weighted by molar-refractivity contribution is 0.229. The van der Waals surface area contributed by atoms with Crippen molar-refractivity contribution < 1.29 is 9.84 Å². The smallest absolute Gasteiger partial charge is 0.118 e. The average Bonchev–Trinajstić information content (AvgIpc) is 2.72. The molecule has 0 aliphatic heterocycles. The van der Waals surface area contributed by atoms with Crippen LogP contribution in [0.1, 0.15) is 22.8 Å². The van der Waals surface area contributed by atoms with Gasteiger partial charge in [-0.15, -0.1) is 0 Å². The van der Waals surface area contributed by atoms with Gasteiger partial charge in [0.2, 0.25) is 0 Å². The van der Waals surface area contributed by atoms with Gasteiger partial charge in [0, 0.05) is 11.1 Å². The molecule has 0 heterocycles. The highest BCUT2D eigenvalue weighted by molar-refractivity contribution is 5.80. The number of allylic oxidation sites excluding steroid dienone is 1. The van der Waals surface area contributed by atoms with Crippen LogP contribution in [0.15, 0.2) is 91.0 Å². The van der Waals surface area contributed by atoms with Crippen molar-refractivity contribution in [3.63, 3.8) is 0 Å². The monoisotopic (exact) mass is 340 g/mol. The van der Waals surface area contributed by atoms with Gasteiger partial charge in [0.25, 0.3) is 0 Å². The zero-order chi connectivity index (χ0) is 18.2. The van der Waals surface area contributed by atoms with Crippen LogP contribution < -0.4 is 4.74 Å². The van der Waals surface area contributed by atoms with Gasteiger partial charge in [0.15, 0.2) is 0 Å². The van der Waals surface area contributed by atoms with Crippen molar-refractivity contribution in [1.82, 2.24) is 0 Å². The molecule has 0 spiro atoms. The third-order valence-electron chi connectivity index (χ3n) is 3.98. The molecule has 0 saturated heterocycles. The summed E-state index contributed by atoms with van der Waals surface area (Å²) in [5, 5.41) is 10.6. The minimum absolute atomic E-state index is 0.724. The molecule has 2 heteroatoms. The molecule has 128 valence electrons. The van der Waals surface area contributed by atoms with E-state index in [4.69, 9.17) is 4.74 Å². The molecule has 0 aromatic heterocycles. The number of methoxy groups -OCH3 is 1. The predicted molar refractivity (Wildman–Crippen MR) is 106 cm³/mol. The van der Waals surface area contributed by atoms with Crippen LogP contribution in [-0.2, 0) is 0 Å². The third-order valence-corrected chi connectivity index (χ3v) is 3.98. The molecule has 0 aliphatic rings. The van der Waals surface area contributed by atoms with Gasteiger partial charge in [-0.25, -0.2) is 0 Å². The maximum atomic E-state index is 10.6. The van der Waals surface area contributed by atoms with Crippen molar-refractivity contribution in [3.8, 4) is 17.6 Å². The Morgan fingerprint density at radius 2 is 1.50 bits per heavy atom. The van der Waals surface area contributed by atoms with Crippen molar-refractivity contribution in [2.75, 3.05) is 7.11 Å². The maximum Gasteiger partial charge on any atom is 0.118 e. The van der Waals surface area contributed by atoms with E-state index in [0.717, 1.165) is 28.0 Å². The molecule has 1 N–H and O–H groups in total. The SMILES string of the molecule is COc1ccc(/C(C#Cc2ccccc2)=C/C(O)c2ccccc2)cc1. The zero-order valence-corrected chi connectivity index (χ0v) is 14.6. The first-order chi connectivity index (χ1) is 12.8. The molecule has 1 unspecified atom stereocenters. The number of ether oxygens (including phenoxy) is 1. The van der Waals surface area contributed by atoms with Gasteiger partial charge in [-0.2, -0.15) is 0 Å². The van der Waals surface area contributed by atoms with Crippen LogP contribution in [0.3, 0.4) is 0 Å². The fraction of sp³-hybridized carbons (Fsp3) is 0.0833. The molecular formula is C24H20O2. The van der Waals surface area contributed by atoms with Gasteiger partial charge in [-0.1, -0.05) is 72.5 Å². The van der Waals surface area contributed by atoms with E-state index < -0.39 is 6.10 Å². The van der Waals surface area contributed by atoms with E-state index in [1.165, 1.54) is 0 Å². The Labute approximate surface area is 154 Å². The number of hydrogen-bond donors (Lipinski definition) is 1. The molecule has 3 rings (SSSR count). The minimum Gasteiger partial charge on any atom is -0.497 e. The van der Waals surface area contributed by atoms with Gasteiger partial charge in [-0.3, -0.25) is 0 Å². The predicted octanol–water partition coefficient (Wildman–Crippen LogP) is 4.86. The first-order valence-corrected chi connectivity index (χ1v) is 8.42. The summed E-state index contributed by atoms with van der Waals surface area (Å²) in [7, 11) is 1.64. The number of aliphatic hydroxyl groups is 1. The quantitative estimate of drug-likeness (QED) is 0.687. The van der Waals surface area contributed by atoms with Crippen LogP contribution >= 0.6 is 0 Å². The van der Waals surface area contributed by atoms with Gasteiger partial charge in [-0.05, 0) is 41.5 Å². The lowest BCUT2D eigenvalue weighted by Gasteiger charge is -2.09. The summed E-state index contributed by atoms with van der Waals surface area (Å²) in [4.78, 5) is 0. The molecule has 2 nitrogen and oxygen atoms in total. The van der Waals surface area contributed by atoms with Crippen molar-refractivity contribution in [2.24, 2.45) is 0 Å². The summed E-state index contributed by atoms with van der Waals surface area (Å²) in [6, 6.07) is 27.0. The lowest BCUT2D eigenvalue weighted by Crippen LogP contribution is -1.95. The van der Waals surface area contributed by atoms with E-state index >= 15 is 0 Å². The Kier molecular flexibility index (Phi) is 5.88. The molecule has 0 saturated carbocycles. The Morgan fingerprint density at radius 3 is 2.12 bits per heavy atom. The summed E-state index contributed by atoms with van der Waals surface area (Å²) < 4.78 is 5.22. The van der Waals surface area contributed by atoms with E-state index in [-0.39, 0.29) is 0 Å². The van der Waals surface area contributed by atoms with Crippen LogP contribution in [0.4, 0.5) is 0 Å². The molecular weight excluding hydrogens is 320 g/mol. The Balaban J connectivity index is 1.98. The van der Waals surface area contributed by atoms with Gasteiger partial charge in [0.05, 0.1) is 13.2 Å². The molecule has 3 aromatic carbocycles. The third kappa shape index (κ3) is 4.63. The van der Waals surface area contributed by atoms with E-state index in [1.54, 1.807) is 13.2 Å². The van der Waals surface area contributed by atoms with Crippen molar-refractivity contribution in [2.45, 2.75) is 6.10 Å². The molecule has 0 radical (unpaired) electrons. The molecule has 26 heavy (non-hydrogen) atoms. The van der Waals surface area contributed by atoms with E-state index in [2.05, 4.69) is 11.8 Å². The highest BCUT2D eigenvalue weighted by Gasteiger charge is 2.07. The van der Waals surface area contributed by atoms with Gasteiger partial charge in [0.1, 0.15) is 5.75 Å². The Morgan fingerprint density at radius 1 is 0.885 bits per heavy atom. The van der Waals surface area contributed by atoms with Crippen LogP contribution in [0, 0.1) is 11.8 Å². The Bertz CT molecular complexity index is 915. The van der Waals surface area contributed by atoms with Crippen LogP contribution in [0.5, 0.6) is 5.75 Å². The molecule has 0 fully saturated rings. The summed E-state index contributed by atoms with van der Waals surface area (Å²) in [5.74, 6) is 7.15. The highest BCUT2D eigenvalue weighted by atomic mass is 16.5. The van der Waals surface area contributed by atoms with E-state index in [0.29, 0.717) is 0 Å². The standard InChI is InChI=1S/C24H20O2/c1-26-23-16-14-20(15-17-23)22(13-12-19-8-4-2-5-9-19)18-24(25)21-10-6-3-7-11-21/h2-11,14-18,24-25H,1H3/b22-18+. The van der Waals surface area contributed by atoms with E-state index in [1.807, 2.05) is 84.9 Å². The molecule has 0 aliphatic carbocycles. The molecule has 0 bridgehead atoms. The summed E-state index contributed by atoms with van der Waals surface area (Å²) in [5.41, 5.74) is 3.47. The maximum absolute atomic E-state index is 10.6. The second kappa shape index (κ2) is 8.71. The Hall–Kier alpha value is -3.28. The molecule has 0 amide bonds. The van der Waals surface area contributed by atoms with Gasteiger partial charge >= 0.3 is 0 Å². The largest absolute Gasteiger partial charge is 0.497 e. The van der Waals surface area contributed by atoms with Crippen molar-refractivity contribution in [1.29, 1.82) is 0 Å². The van der Waals surface area contributed by atoms with Crippen LogP contribution in [-0.4, -0.2) is 12.2 Å². The summed E-state index contributed by atoms with van der Waals surface area (Å²) in [6.07, 6.45) is 1.06. The second-order valence-corrected chi connectivity index (χ2v) is 5.78. The minimum atomic E-state index is -0.724. The molecule has 1 atom stereocenters. The van der Waals surface area contributed by atoms with Gasteiger partial charge < -0.3 is 9.84 Å². The highest BCUT2D eigenvalue weighted by Crippen LogP contribution is 2.23. The van der Waals surface area contributed by atoms with E-state index in [9.17, 15) is 5.11 Å². The zero-order valence-electron chi connectivity index (χ0n) is 14.6. The number of benzene rings is 3. The van der Waals surface area contributed by atoms with Crippen LogP contribution in [0.2, 0.25) is 0 Å². The first-order valence-electron chi connectivity index (χ1n) is 8.42. The number of hydrogen-bond acceptors (Lipinski definition) is 2. The first kappa shape index (κ1) is 17.5. The molecule has 3 aromatic rings.